The lowest BCUT2D eigenvalue weighted by Crippen LogP contribution is -2.52. The summed E-state index contributed by atoms with van der Waals surface area (Å²) in [5.41, 5.74) is 0.250. The molecule has 1 N–H and O–H groups in total. The molecule has 4 rings (SSSR count). The van der Waals surface area contributed by atoms with Crippen LogP contribution in [0.4, 0.5) is 0 Å². The highest BCUT2D eigenvalue weighted by Crippen LogP contribution is 2.36. The van der Waals surface area contributed by atoms with Gasteiger partial charge in [-0.05, 0) is 18.6 Å². The highest BCUT2D eigenvalue weighted by Gasteiger charge is 2.46. The van der Waals surface area contributed by atoms with Crippen molar-refractivity contribution in [3.63, 3.8) is 0 Å². The Hall–Kier alpha value is -1.56. The number of nitrogens with one attached hydrogen (secondary N) is 1. The van der Waals surface area contributed by atoms with Gasteiger partial charge < -0.3 is 19.2 Å². The van der Waals surface area contributed by atoms with Gasteiger partial charge in [-0.15, -0.1) is 0 Å². The molecule has 23 heavy (non-hydrogen) atoms. The van der Waals surface area contributed by atoms with Gasteiger partial charge in [0.15, 0.2) is 11.3 Å². The number of ether oxygens (including phenoxy) is 2. The fraction of sp³-hybridized carbons (Fsp3) is 0.471. The van der Waals surface area contributed by atoms with E-state index in [2.05, 4.69) is 5.32 Å². The third kappa shape index (κ3) is 2.63. The largest absolute Gasteiger partial charge is 0.449 e. The van der Waals surface area contributed by atoms with Crippen molar-refractivity contribution in [2.24, 2.45) is 0 Å². The summed E-state index contributed by atoms with van der Waals surface area (Å²) in [7, 11) is 0. The Balaban J connectivity index is 1.55. The molecule has 3 heterocycles. The fourth-order valence-electron chi connectivity index (χ4n) is 3.53. The molecular weight excluding hydrogens is 318 g/mol. The standard InChI is InChI=1S/C17H18ClNO4/c18-12-3-1-2-11-10-13(23-15(11)12)16(20)19-14-4-7-22-17(14)5-8-21-9-6-17/h1-3,10,14H,4-9H2,(H,19,20). The number of amides is 1. The molecule has 6 heteroatoms. The summed E-state index contributed by atoms with van der Waals surface area (Å²) in [4.78, 5) is 12.6. The van der Waals surface area contributed by atoms with Gasteiger partial charge in [0.05, 0.1) is 16.7 Å². The van der Waals surface area contributed by atoms with Crippen molar-refractivity contribution in [3.05, 3.63) is 35.0 Å². The SMILES string of the molecule is O=C(NC1CCOC12CCOCC2)c1cc2cccc(Cl)c2o1. The second kappa shape index (κ2) is 5.82. The van der Waals surface area contributed by atoms with Gasteiger partial charge in [0, 0.05) is 38.0 Å². The van der Waals surface area contributed by atoms with Crippen LogP contribution in [0.2, 0.25) is 5.02 Å². The minimum absolute atomic E-state index is 0.0115. The maximum absolute atomic E-state index is 12.6. The van der Waals surface area contributed by atoms with E-state index in [0.717, 1.165) is 24.6 Å². The van der Waals surface area contributed by atoms with Crippen LogP contribution >= 0.6 is 11.6 Å². The lowest BCUT2D eigenvalue weighted by molar-refractivity contribution is -0.0873. The zero-order valence-electron chi connectivity index (χ0n) is 12.6. The first-order chi connectivity index (χ1) is 11.2. The minimum Gasteiger partial charge on any atom is -0.449 e. The Morgan fingerprint density at radius 2 is 2.09 bits per heavy atom. The number of carbonyl (C=O) groups excluding carboxylic acids is 1. The van der Waals surface area contributed by atoms with Gasteiger partial charge in [0.2, 0.25) is 0 Å². The number of benzene rings is 1. The Kier molecular flexibility index (Phi) is 3.79. The van der Waals surface area contributed by atoms with Gasteiger partial charge in [-0.3, -0.25) is 4.79 Å². The molecule has 122 valence electrons. The van der Waals surface area contributed by atoms with E-state index in [1.807, 2.05) is 12.1 Å². The first kappa shape index (κ1) is 15.0. The Bertz CT molecular complexity index is 735. The molecule has 1 aromatic carbocycles. The number of hydrogen-bond donors (Lipinski definition) is 1. The second-order valence-corrected chi connectivity index (χ2v) is 6.52. The van der Waals surface area contributed by atoms with E-state index in [9.17, 15) is 4.79 Å². The molecule has 2 saturated heterocycles. The van der Waals surface area contributed by atoms with Crippen LogP contribution in [0.25, 0.3) is 11.0 Å². The van der Waals surface area contributed by atoms with E-state index >= 15 is 0 Å². The maximum atomic E-state index is 12.6. The normalized spacial score (nSPS) is 23.4. The van der Waals surface area contributed by atoms with Crippen LogP contribution in [-0.4, -0.2) is 37.4 Å². The number of rotatable bonds is 2. The first-order valence-corrected chi connectivity index (χ1v) is 8.26. The second-order valence-electron chi connectivity index (χ2n) is 6.11. The quantitative estimate of drug-likeness (QED) is 0.915. The van der Waals surface area contributed by atoms with Crippen LogP contribution in [0, 0.1) is 0 Å². The Morgan fingerprint density at radius 1 is 1.26 bits per heavy atom. The van der Waals surface area contributed by atoms with E-state index < -0.39 is 0 Å². The summed E-state index contributed by atoms with van der Waals surface area (Å²) in [6, 6.07) is 7.17. The fourth-order valence-corrected chi connectivity index (χ4v) is 3.75. The van der Waals surface area contributed by atoms with Gasteiger partial charge >= 0.3 is 0 Å². The number of carbonyl (C=O) groups is 1. The van der Waals surface area contributed by atoms with Crippen LogP contribution in [0.15, 0.2) is 28.7 Å². The average Bonchev–Trinajstić information content (AvgIpc) is 3.14. The molecule has 0 radical (unpaired) electrons. The highest BCUT2D eigenvalue weighted by molar-refractivity contribution is 6.34. The molecule has 2 fully saturated rings. The summed E-state index contributed by atoms with van der Waals surface area (Å²) in [6.07, 6.45) is 2.43. The third-order valence-electron chi connectivity index (χ3n) is 4.80. The molecule has 2 aliphatic heterocycles. The van der Waals surface area contributed by atoms with Crippen LogP contribution in [0.3, 0.4) is 0 Å². The monoisotopic (exact) mass is 335 g/mol. The van der Waals surface area contributed by atoms with E-state index in [0.29, 0.717) is 30.4 Å². The van der Waals surface area contributed by atoms with Gasteiger partial charge in [-0.25, -0.2) is 0 Å². The molecule has 2 aliphatic rings. The number of furan rings is 1. The van der Waals surface area contributed by atoms with Crippen molar-refractivity contribution in [2.75, 3.05) is 19.8 Å². The van der Waals surface area contributed by atoms with Crippen molar-refractivity contribution in [1.82, 2.24) is 5.32 Å². The number of halogens is 1. The number of fused-ring (bicyclic) bond motifs is 1. The van der Waals surface area contributed by atoms with Crippen molar-refractivity contribution in [2.45, 2.75) is 30.9 Å². The molecule has 1 spiro atoms. The summed E-state index contributed by atoms with van der Waals surface area (Å²) in [5.74, 6) is 0.0563. The van der Waals surface area contributed by atoms with Crippen molar-refractivity contribution < 1.29 is 18.7 Å². The molecule has 0 saturated carbocycles. The lowest BCUT2D eigenvalue weighted by atomic mass is 9.86. The summed E-state index contributed by atoms with van der Waals surface area (Å²) < 4.78 is 17.0. The van der Waals surface area contributed by atoms with E-state index in [1.165, 1.54) is 0 Å². The van der Waals surface area contributed by atoms with Crippen molar-refractivity contribution in [1.29, 1.82) is 0 Å². The van der Waals surface area contributed by atoms with Crippen LogP contribution in [-0.2, 0) is 9.47 Å². The topological polar surface area (TPSA) is 60.7 Å². The van der Waals surface area contributed by atoms with Crippen molar-refractivity contribution >= 4 is 28.5 Å². The van der Waals surface area contributed by atoms with Crippen molar-refractivity contribution in [3.8, 4) is 0 Å². The number of hydrogen-bond acceptors (Lipinski definition) is 4. The molecular formula is C17H18ClNO4. The summed E-state index contributed by atoms with van der Waals surface area (Å²) in [5, 5.41) is 4.41. The Morgan fingerprint density at radius 3 is 2.87 bits per heavy atom. The third-order valence-corrected chi connectivity index (χ3v) is 5.09. The molecule has 0 aliphatic carbocycles. The van der Waals surface area contributed by atoms with Gasteiger partial charge in [-0.1, -0.05) is 23.7 Å². The van der Waals surface area contributed by atoms with Crippen LogP contribution in [0.1, 0.15) is 29.8 Å². The number of para-hydroxylation sites is 1. The Labute approximate surface area is 138 Å². The van der Waals surface area contributed by atoms with Crippen LogP contribution in [0.5, 0.6) is 0 Å². The lowest BCUT2D eigenvalue weighted by Gasteiger charge is -2.37. The predicted octanol–water partition coefficient (Wildman–Crippen LogP) is 3.15. The maximum Gasteiger partial charge on any atom is 0.287 e. The predicted molar refractivity (Wildman–Crippen MR) is 85.8 cm³/mol. The molecule has 5 nitrogen and oxygen atoms in total. The molecule has 1 unspecified atom stereocenters. The van der Waals surface area contributed by atoms with E-state index in [-0.39, 0.29) is 23.3 Å². The molecule has 1 aromatic heterocycles. The highest BCUT2D eigenvalue weighted by atomic mass is 35.5. The molecule has 1 amide bonds. The van der Waals surface area contributed by atoms with Gasteiger partial charge in [0.1, 0.15) is 0 Å². The molecule has 0 bridgehead atoms. The van der Waals surface area contributed by atoms with E-state index in [4.69, 9.17) is 25.5 Å². The smallest absolute Gasteiger partial charge is 0.287 e. The average molecular weight is 336 g/mol. The van der Waals surface area contributed by atoms with Gasteiger partial charge in [-0.2, -0.15) is 0 Å². The van der Waals surface area contributed by atoms with Gasteiger partial charge in [0.25, 0.3) is 5.91 Å². The molecule has 2 aromatic rings. The van der Waals surface area contributed by atoms with E-state index in [1.54, 1.807) is 12.1 Å². The molecule has 1 atom stereocenters. The van der Waals surface area contributed by atoms with Crippen LogP contribution < -0.4 is 5.32 Å². The zero-order chi connectivity index (χ0) is 15.9. The first-order valence-electron chi connectivity index (χ1n) is 7.89. The summed E-state index contributed by atoms with van der Waals surface area (Å²) in [6.45, 7) is 2.01. The zero-order valence-corrected chi connectivity index (χ0v) is 13.4. The summed E-state index contributed by atoms with van der Waals surface area (Å²) >= 11 is 6.10. The minimum atomic E-state index is -0.294.